The Hall–Kier alpha value is -2.84. The predicted octanol–water partition coefficient (Wildman–Crippen LogP) is 2.39. The number of rotatable bonds is 6. The van der Waals surface area contributed by atoms with Crippen LogP contribution in [0.2, 0.25) is 0 Å². The van der Waals surface area contributed by atoms with Gasteiger partial charge in [0.05, 0.1) is 19.1 Å². The van der Waals surface area contributed by atoms with Gasteiger partial charge in [-0.3, -0.25) is 4.79 Å². The van der Waals surface area contributed by atoms with Gasteiger partial charge in [-0.25, -0.2) is 13.6 Å². The van der Waals surface area contributed by atoms with Crippen LogP contribution in [-0.2, 0) is 14.8 Å². The van der Waals surface area contributed by atoms with E-state index >= 15 is 0 Å². The molecule has 2 aromatic rings. The van der Waals surface area contributed by atoms with Gasteiger partial charge in [0.15, 0.2) is 11.5 Å². The Balaban J connectivity index is 2.15. The maximum atomic E-state index is 12.3. The number of hydrogen-bond donors (Lipinski definition) is 2. The summed E-state index contributed by atoms with van der Waals surface area (Å²) in [5, 5.41) is 7.74. The molecule has 2 rings (SSSR count). The number of sulfonamides is 1. The molecule has 7 nitrogen and oxygen atoms in total. The Morgan fingerprint density at radius 2 is 1.65 bits per heavy atom. The topological polar surface area (TPSA) is 108 Å². The molecule has 0 spiro atoms. The van der Waals surface area contributed by atoms with Gasteiger partial charge >= 0.3 is 0 Å². The van der Waals surface area contributed by atoms with Gasteiger partial charge in [-0.1, -0.05) is 6.07 Å². The maximum Gasteiger partial charge on any atom is 0.251 e. The van der Waals surface area contributed by atoms with Crippen LogP contribution in [0, 0.1) is 0 Å². The third-order valence-electron chi connectivity index (χ3n) is 3.59. The van der Waals surface area contributed by atoms with Gasteiger partial charge < -0.3 is 14.8 Å². The highest BCUT2D eigenvalue weighted by atomic mass is 32.2. The standard InChI is InChI=1S/C18H20N2O5S/c1-12(10-13-4-9-16(24-2)17(11-13)25-3)18(21)20-14-5-7-15(8-6-14)26(19,22)23/h4-11H,1-3H3,(H,20,21)(H2,19,22,23)/b12-10+. The van der Waals surface area contributed by atoms with Crippen LogP contribution in [0.15, 0.2) is 52.9 Å². The van der Waals surface area contributed by atoms with Crippen LogP contribution in [0.3, 0.4) is 0 Å². The molecule has 0 aliphatic rings. The van der Waals surface area contributed by atoms with E-state index in [-0.39, 0.29) is 10.8 Å². The van der Waals surface area contributed by atoms with Gasteiger partial charge in [0.2, 0.25) is 10.0 Å². The number of methoxy groups -OCH3 is 2. The highest BCUT2D eigenvalue weighted by molar-refractivity contribution is 7.89. The van der Waals surface area contributed by atoms with Crippen LogP contribution in [0.1, 0.15) is 12.5 Å². The SMILES string of the molecule is COc1ccc(/C=C(\C)C(=O)Nc2ccc(S(N)(=O)=O)cc2)cc1OC. The summed E-state index contributed by atoms with van der Waals surface area (Å²) in [7, 11) is -0.677. The van der Waals surface area contributed by atoms with Gasteiger partial charge in [-0.2, -0.15) is 0 Å². The summed E-state index contributed by atoms with van der Waals surface area (Å²) in [5.74, 6) is 0.845. The number of amides is 1. The lowest BCUT2D eigenvalue weighted by Gasteiger charge is -2.09. The molecule has 8 heteroatoms. The molecule has 138 valence electrons. The van der Waals surface area contributed by atoms with Crippen molar-refractivity contribution in [3.8, 4) is 11.5 Å². The highest BCUT2D eigenvalue weighted by Crippen LogP contribution is 2.28. The van der Waals surface area contributed by atoms with Crippen molar-refractivity contribution in [2.75, 3.05) is 19.5 Å². The van der Waals surface area contributed by atoms with Crippen molar-refractivity contribution in [3.63, 3.8) is 0 Å². The minimum absolute atomic E-state index is 0.0203. The lowest BCUT2D eigenvalue weighted by Crippen LogP contribution is -2.14. The van der Waals surface area contributed by atoms with Crippen LogP contribution in [-0.4, -0.2) is 28.5 Å². The molecule has 26 heavy (non-hydrogen) atoms. The lowest BCUT2D eigenvalue weighted by molar-refractivity contribution is -0.112. The third-order valence-corrected chi connectivity index (χ3v) is 4.52. The number of ether oxygens (including phenoxy) is 2. The van der Waals surface area contributed by atoms with Gasteiger partial charge in [-0.05, 0) is 55.0 Å². The molecule has 0 fully saturated rings. The number of nitrogens with one attached hydrogen (secondary N) is 1. The molecular formula is C18H20N2O5S. The maximum absolute atomic E-state index is 12.3. The molecule has 0 unspecified atom stereocenters. The van der Waals surface area contributed by atoms with E-state index in [0.29, 0.717) is 22.8 Å². The van der Waals surface area contributed by atoms with Crippen LogP contribution < -0.4 is 19.9 Å². The molecule has 0 atom stereocenters. The van der Waals surface area contributed by atoms with Crippen LogP contribution in [0.25, 0.3) is 6.08 Å². The Morgan fingerprint density at radius 3 is 2.19 bits per heavy atom. The molecule has 0 saturated heterocycles. The van der Waals surface area contributed by atoms with E-state index in [1.54, 1.807) is 38.3 Å². The molecule has 0 heterocycles. The largest absolute Gasteiger partial charge is 0.493 e. The van der Waals surface area contributed by atoms with Crippen molar-refractivity contribution in [2.24, 2.45) is 5.14 Å². The van der Waals surface area contributed by atoms with Crippen molar-refractivity contribution in [3.05, 3.63) is 53.6 Å². The van der Waals surface area contributed by atoms with E-state index in [0.717, 1.165) is 5.56 Å². The quantitative estimate of drug-likeness (QED) is 0.753. The highest BCUT2D eigenvalue weighted by Gasteiger charge is 2.10. The number of carbonyl (C=O) groups excluding carboxylic acids is 1. The number of hydrogen-bond acceptors (Lipinski definition) is 5. The van der Waals surface area contributed by atoms with Gasteiger partial charge in [0, 0.05) is 11.3 Å². The van der Waals surface area contributed by atoms with Crippen molar-refractivity contribution in [1.29, 1.82) is 0 Å². The predicted molar refractivity (Wildman–Crippen MR) is 99.6 cm³/mol. The zero-order chi connectivity index (χ0) is 19.3. The third kappa shape index (κ3) is 4.84. The summed E-state index contributed by atoms with van der Waals surface area (Å²) in [6.45, 7) is 1.67. The monoisotopic (exact) mass is 376 g/mol. The minimum Gasteiger partial charge on any atom is -0.493 e. The fraction of sp³-hybridized carbons (Fsp3) is 0.167. The summed E-state index contributed by atoms with van der Waals surface area (Å²) in [6, 6.07) is 10.9. The molecule has 0 aromatic heterocycles. The minimum atomic E-state index is -3.76. The average Bonchev–Trinajstić information content (AvgIpc) is 2.61. The zero-order valence-electron chi connectivity index (χ0n) is 14.6. The number of primary sulfonamides is 1. The lowest BCUT2D eigenvalue weighted by atomic mass is 10.1. The van der Waals surface area contributed by atoms with E-state index in [9.17, 15) is 13.2 Å². The number of nitrogens with two attached hydrogens (primary N) is 1. The Kier molecular flexibility index (Phi) is 6.01. The van der Waals surface area contributed by atoms with E-state index in [4.69, 9.17) is 14.6 Å². The van der Waals surface area contributed by atoms with E-state index < -0.39 is 10.0 Å². The molecule has 0 bridgehead atoms. The Morgan fingerprint density at radius 1 is 1.04 bits per heavy atom. The fourth-order valence-corrected chi connectivity index (χ4v) is 2.73. The molecule has 2 aromatic carbocycles. The summed E-state index contributed by atoms with van der Waals surface area (Å²) < 4.78 is 32.9. The summed E-state index contributed by atoms with van der Waals surface area (Å²) >= 11 is 0. The average molecular weight is 376 g/mol. The fourth-order valence-electron chi connectivity index (χ4n) is 2.22. The summed E-state index contributed by atoms with van der Waals surface area (Å²) in [4.78, 5) is 12.3. The van der Waals surface area contributed by atoms with Gasteiger partial charge in [0.25, 0.3) is 5.91 Å². The first-order chi connectivity index (χ1) is 12.2. The normalized spacial score (nSPS) is 11.8. The molecule has 0 aliphatic heterocycles. The van der Waals surface area contributed by atoms with E-state index in [1.807, 2.05) is 0 Å². The van der Waals surface area contributed by atoms with Gasteiger partial charge in [0.1, 0.15) is 0 Å². The molecule has 0 saturated carbocycles. The summed E-state index contributed by atoms with van der Waals surface area (Å²) in [5.41, 5.74) is 1.70. The van der Waals surface area contributed by atoms with E-state index in [1.165, 1.54) is 31.4 Å². The van der Waals surface area contributed by atoms with Crippen LogP contribution >= 0.6 is 0 Å². The smallest absolute Gasteiger partial charge is 0.251 e. The second kappa shape index (κ2) is 8.03. The van der Waals surface area contributed by atoms with Crippen molar-refractivity contribution in [2.45, 2.75) is 11.8 Å². The molecule has 0 radical (unpaired) electrons. The zero-order valence-corrected chi connectivity index (χ0v) is 15.5. The molecule has 3 N–H and O–H groups in total. The Bertz CT molecular complexity index is 935. The van der Waals surface area contributed by atoms with Gasteiger partial charge in [-0.15, -0.1) is 0 Å². The van der Waals surface area contributed by atoms with Crippen LogP contribution in [0.4, 0.5) is 5.69 Å². The van der Waals surface area contributed by atoms with Crippen molar-refractivity contribution >= 4 is 27.7 Å². The second-order valence-electron chi connectivity index (χ2n) is 5.47. The van der Waals surface area contributed by atoms with E-state index in [2.05, 4.69) is 5.32 Å². The first-order valence-corrected chi connectivity index (χ1v) is 9.14. The summed E-state index contributed by atoms with van der Waals surface area (Å²) in [6.07, 6.45) is 1.70. The first-order valence-electron chi connectivity index (χ1n) is 7.59. The van der Waals surface area contributed by atoms with Crippen molar-refractivity contribution in [1.82, 2.24) is 0 Å². The Labute approximate surface area is 152 Å². The molecule has 1 amide bonds. The first kappa shape index (κ1) is 19.5. The number of benzene rings is 2. The van der Waals surface area contributed by atoms with Crippen LogP contribution in [0.5, 0.6) is 11.5 Å². The second-order valence-corrected chi connectivity index (χ2v) is 7.03. The van der Waals surface area contributed by atoms with Crippen molar-refractivity contribution < 1.29 is 22.7 Å². The number of carbonyl (C=O) groups is 1. The number of anilines is 1. The molecular weight excluding hydrogens is 356 g/mol. The molecule has 0 aliphatic carbocycles.